The average Bonchev–Trinajstić information content (AvgIpc) is 2.53. The molecule has 5 nitrogen and oxygen atoms in total. The van der Waals surface area contributed by atoms with E-state index in [0.717, 1.165) is 30.0 Å². The summed E-state index contributed by atoms with van der Waals surface area (Å²) < 4.78 is 0. The number of carbonyl (C=O) groups is 1. The number of carbonyl (C=O) groups excluding carboxylic acids is 1. The highest BCUT2D eigenvalue weighted by atomic mass is 16.2. The third-order valence-electron chi connectivity index (χ3n) is 3.76. The van der Waals surface area contributed by atoms with Crippen LogP contribution in [0, 0.1) is 6.92 Å². The van der Waals surface area contributed by atoms with Crippen LogP contribution in [-0.2, 0) is 0 Å². The van der Waals surface area contributed by atoms with E-state index in [0.29, 0.717) is 11.4 Å². The van der Waals surface area contributed by atoms with E-state index >= 15 is 0 Å². The minimum absolute atomic E-state index is 0.270. The molecule has 0 bridgehead atoms. The molecule has 0 fully saturated rings. The van der Waals surface area contributed by atoms with Crippen LogP contribution in [0.5, 0.6) is 0 Å². The van der Waals surface area contributed by atoms with Crippen molar-refractivity contribution in [2.75, 3.05) is 34.4 Å². The molecule has 23 heavy (non-hydrogen) atoms. The fourth-order valence-corrected chi connectivity index (χ4v) is 2.42. The standard InChI is InChI=1S/C18H24N4O/c1-4-22(5-2)16-10-11-17(13(3)12-16)21-18(23)20-15-8-6-14(19)7-9-15/h6-12H,4-5,19H2,1-3H3,(H2,20,21,23). The zero-order chi connectivity index (χ0) is 16.8. The number of nitrogens with one attached hydrogen (secondary N) is 2. The van der Waals surface area contributed by atoms with E-state index in [1.54, 1.807) is 24.3 Å². The number of nitrogens with two attached hydrogens (primary N) is 1. The van der Waals surface area contributed by atoms with Crippen LogP contribution in [0.3, 0.4) is 0 Å². The lowest BCUT2D eigenvalue weighted by Crippen LogP contribution is -2.22. The molecule has 0 radical (unpaired) electrons. The Kier molecular flexibility index (Phi) is 5.46. The second kappa shape index (κ2) is 7.54. The molecule has 0 heterocycles. The Morgan fingerprint density at radius 1 is 1.04 bits per heavy atom. The molecule has 0 unspecified atom stereocenters. The van der Waals surface area contributed by atoms with Crippen molar-refractivity contribution in [3.8, 4) is 0 Å². The topological polar surface area (TPSA) is 70.4 Å². The number of amides is 2. The molecule has 2 aromatic rings. The zero-order valence-corrected chi connectivity index (χ0v) is 13.9. The number of nitrogen functional groups attached to an aromatic ring is 1. The second-order valence-electron chi connectivity index (χ2n) is 5.37. The Balaban J connectivity index is 2.04. The van der Waals surface area contributed by atoms with E-state index < -0.39 is 0 Å². The van der Waals surface area contributed by atoms with Gasteiger partial charge in [-0.05, 0) is 68.8 Å². The highest BCUT2D eigenvalue weighted by Crippen LogP contribution is 2.23. The first-order chi connectivity index (χ1) is 11.0. The first kappa shape index (κ1) is 16.7. The average molecular weight is 312 g/mol. The predicted octanol–water partition coefficient (Wildman–Crippen LogP) is 4.07. The molecule has 0 aliphatic heterocycles. The summed E-state index contributed by atoms with van der Waals surface area (Å²) >= 11 is 0. The lowest BCUT2D eigenvalue weighted by atomic mass is 10.1. The van der Waals surface area contributed by atoms with Gasteiger partial charge in [0.05, 0.1) is 0 Å². The van der Waals surface area contributed by atoms with E-state index in [-0.39, 0.29) is 6.03 Å². The maximum Gasteiger partial charge on any atom is 0.323 e. The Morgan fingerprint density at radius 2 is 1.70 bits per heavy atom. The molecule has 122 valence electrons. The SMILES string of the molecule is CCN(CC)c1ccc(NC(=O)Nc2ccc(N)cc2)c(C)c1. The summed E-state index contributed by atoms with van der Waals surface area (Å²) in [5.41, 5.74) is 9.99. The van der Waals surface area contributed by atoms with Crippen molar-refractivity contribution in [3.63, 3.8) is 0 Å². The molecule has 0 spiro atoms. The van der Waals surface area contributed by atoms with Crippen LogP contribution in [0.4, 0.5) is 27.5 Å². The molecular weight excluding hydrogens is 288 g/mol. The first-order valence-electron chi connectivity index (χ1n) is 7.82. The van der Waals surface area contributed by atoms with Crippen LogP contribution >= 0.6 is 0 Å². The highest BCUT2D eigenvalue weighted by Gasteiger charge is 2.08. The third-order valence-corrected chi connectivity index (χ3v) is 3.76. The summed E-state index contributed by atoms with van der Waals surface area (Å²) in [5.74, 6) is 0. The van der Waals surface area contributed by atoms with Gasteiger partial charge in [-0.25, -0.2) is 4.79 Å². The van der Waals surface area contributed by atoms with Gasteiger partial charge in [0.1, 0.15) is 0 Å². The van der Waals surface area contributed by atoms with Gasteiger partial charge in [0.2, 0.25) is 0 Å². The molecule has 2 rings (SSSR count). The van der Waals surface area contributed by atoms with Gasteiger partial charge in [-0.3, -0.25) is 0 Å². The number of urea groups is 1. The molecule has 0 aliphatic rings. The van der Waals surface area contributed by atoms with E-state index in [9.17, 15) is 4.79 Å². The van der Waals surface area contributed by atoms with E-state index in [4.69, 9.17) is 5.73 Å². The van der Waals surface area contributed by atoms with Crippen molar-refractivity contribution in [1.29, 1.82) is 0 Å². The molecule has 4 N–H and O–H groups in total. The highest BCUT2D eigenvalue weighted by molar-refractivity contribution is 6.00. The van der Waals surface area contributed by atoms with Gasteiger partial charge in [0.25, 0.3) is 0 Å². The van der Waals surface area contributed by atoms with Crippen LogP contribution in [0.15, 0.2) is 42.5 Å². The van der Waals surface area contributed by atoms with Crippen molar-refractivity contribution < 1.29 is 4.79 Å². The Bertz CT molecular complexity index is 663. The second-order valence-corrected chi connectivity index (χ2v) is 5.37. The monoisotopic (exact) mass is 312 g/mol. The van der Waals surface area contributed by atoms with Gasteiger partial charge in [0, 0.05) is 35.8 Å². The van der Waals surface area contributed by atoms with Crippen LogP contribution in [-0.4, -0.2) is 19.1 Å². The molecule has 2 aromatic carbocycles. The Morgan fingerprint density at radius 3 is 2.26 bits per heavy atom. The fraction of sp³-hybridized carbons (Fsp3) is 0.278. The summed E-state index contributed by atoms with van der Waals surface area (Å²) in [6, 6.07) is 12.8. The van der Waals surface area contributed by atoms with Gasteiger partial charge in [-0.2, -0.15) is 0 Å². The molecule has 0 aromatic heterocycles. The number of hydrogen-bond donors (Lipinski definition) is 3. The summed E-state index contributed by atoms with van der Waals surface area (Å²) in [7, 11) is 0. The molecule has 0 atom stereocenters. The molecule has 0 saturated heterocycles. The van der Waals surface area contributed by atoms with Crippen LogP contribution < -0.4 is 21.3 Å². The normalized spacial score (nSPS) is 10.2. The van der Waals surface area contributed by atoms with Crippen molar-refractivity contribution in [1.82, 2.24) is 0 Å². The van der Waals surface area contributed by atoms with Crippen molar-refractivity contribution in [3.05, 3.63) is 48.0 Å². The predicted molar refractivity (Wildman–Crippen MR) is 98.2 cm³/mol. The van der Waals surface area contributed by atoms with Crippen LogP contribution in [0.2, 0.25) is 0 Å². The van der Waals surface area contributed by atoms with E-state index in [1.165, 1.54) is 0 Å². The van der Waals surface area contributed by atoms with Crippen molar-refractivity contribution in [2.45, 2.75) is 20.8 Å². The smallest absolute Gasteiger partial charge is 0.323 e. The maximum atomic E-state index is 12.1. The van der Waals surface area contributed by atoms with Crippen LogP contribution in [0.25, 0.3) is 0 Å². The molecule has 0 saturated carbocycles. The van der Waals surface area contributed by atoms with Crippen molar-refractivity contribution >= 4 is 28.8 Å². The Labute approximate surface area is 137 Å². The minimum Gasteiger partial charge on any atom is -0.399 e. The summed E-state index contributed by atoms with van der Waals surface area (Å²) in [4.78, 5) is 14.4. The third kappa shape index (κ3) is 4.39. The van der Waals surface area contributed by atoms with Gasteiger partial charge < -0.3 is 21.3 Å². The van der Waals surface area contributed by atoms with Gasteiger partial charge in [-0.1, -0.05) is 0 Å². The van der Waals surface area contributed by atoms with Gasteiger partial charge in [-0.15, -0.1) is 0 Å². The van der Waals surface area contributed by atoms with Gasteiger partial charge >= 0.3 is 6.03 Å². The van der Waals surface area contributed by atoms with Gasteiger partial charge in [0.15, 0.2) is 0 Å². The first-order valence-corrected chi connectivity index (χ1v) is 7.82. The molecule has 2 amide bonds. The molecule has 5 heteroatoms. The summed E-state index contributed by atoms with van der Waals surface area (Å²) in [5, 5.41) is 5.66. The quantitative estimate of drug-likeness (QED) is 0.729. The largest absolute Gasteiger partial charge is 0.399 e. The molecule has 0 aliphatic carbocycles. The number of aryl methyl sites for hydroxylation is 1. The maximum absolute atomic E-state index is 12.1. The number of nitrogens with zero attached hydrogens (tertiary/aromatic N) is 1. The zero-order valence-electron chi connectivity index (χ0n) is 13.9. The van der Waals surface area contributed by atoms with Crippen LogP contribution in [0.1, 0.15) is 19.4 Å². The number of benzene rings is 2. The summed E-state index contributed by atoms with van der Waals surface area (Å²) in [6.45, 7) is 8.17. The fourth-order valence-electron chi connectivity index (χ4n) is 2.42. The van der Waals surface area contributed by atoms with E-state index in [1.807, 2.05) is 19.1 Å². The summed E-state index contributed by atoms with van der Waals surface area (Å²) in [6.07, 6.45) is 0. The number of hydrogen-bond acceptors (Lipinski definition) is 3. The number of anilines is 4. The minimum atomic E-state index is -0.270. The lowest BCUT2D eigenvalue weighted by molar-refractivity contribution is 0.262. The Hall–Kier alpha value is -2.69. The van der Waals surface area contributed by atoms with Crippen molar-refractivity contribution in [2.24, 2.45) is 0 Å². The molecular formula is C18H24N4O. The van der Waals surface area contributed by atoms with E-state index in [2.05, 4.69) is 35.4 Å². The number of rotatable bonds is 5. The lowest BCUT2D eigenvalue weighted by Gasteiger charge is -2.22.